The van der Waals surface area contributed by atoms with E-state index in [4.69, 9.17) is 14.2 Å². The van der Waals surface area contributed by atoms with Crippen LogP contribution < -0.4 is 4.74 Å². The molecule has 5 nitrogen and oxygen atoms in total. The predicted octanol–water partition coefficient (Wildman–Crippen LogP) is 3.31. The number of esters is 1. The van der Waals surface area contributed by atoms with E-state index in [-0.39, 0.29) is 6.79 Å². The molecule has 2 aliphatic rings. The largest absolute Gasteiger partial charge is 0.466 e. The van der Waals surface area contributed by atoms with Crippen molar-refractivity contribution >= 4 is 12.0 Å². The van der Waals surface area contributed by atoms with E-state index in [1.807, 2.05) is 31.2 Å². The molecule has 1 aliphatic heterocycles. The Balaban J connectivity index is 2.22. The number of allylic oxidation sites excluding steroid dienone is 1. The number of cyclic esters (lactones) is 1. The summed E-state index contributed by atoms with van der Waals surface area (Å²) < 4.78 is 15.8. The van der Waals surface area contributed by atoms with E-state index in [1.54, 1.807) is 0 Å². The molecule has 0 N–H and O–H groups in total. The van der Waals surface area contributed by atoms with Crippen molar-refractivity contribution in [2.45, 2.75) is 31.8 Å². The molecule has 0 aromatic heterocycles. The molecular formula is C17H17NO4. The fraction of sp³-hybridized carbons (Fsp3) is 0.412. The summed E-state index contributed by atoms with van der Waals surface area (Å²) in [5.41, 5.74) is 2.95. The summed E-state index contributed by atoms with van der Waals surface area (Å²) in [4.78, 5) is 12.2. The molecule has 22 heavy (non-hydrogen) atoms. The molecule has 0 amide bonds. The Morgan fingerprint density at radius 2 is 2.23 bits per heavy atom. The lowest BCUT2D eigenvalue weighted by Crippen LogP contribution is -2.08. The van der Waals surface area contributed by atoms with Crippen LogP contribution in [0.15, 0.2) is 12.1 Å². The van der Waals surface area contributed by atoms with Gasteiger partial charge < -0.3 is 14.2 Å². The van der Waals surface area contributed by atoms with Crippen LogP contribution in [0.2, 0.25) is 0 Å². The molecule has 0 spiro atoms. The summed E-state index contributed by atoms with van der Waals surface area (Å²) in [5, 5.41) is 9.21. The minimum absolute atomic E-state index is 0.0373. The maximum absolute atomic E-state index is 12.2. The minimum Gasteiger partial charge on any atom is -0.466 e. The molecule has 1 unspecified atom stereocenters. The summed E-state index contributed by atoms with van der Waals surface area (Å²) in [7, 11) is 1.52. The number of hydrogen-bond donors (Lipinski definition) is 0. The molecule has 1 heterocycles. The maximum Gasteiger partial charge on any atom is 0.344 e. The number of nitrogens with zero attached hydrogens (tertiary/aromatic N) is 1. The summed E-state index contributed by atoms with van der Waals surface area (Å²) in [6.07, 6.45) is 5.21. The van der Waals surface area contributed by atoms with E-state index < -0.39 is 12.1 Å². The molecule has 0 bridgehead atoms. The second-order valence-corrected chi connectivity index (χ2v) is 5.41. The van der Waals surface area contributed by atoms with Crippen molar-refractivity contribution in [1.82, 2.24) is 0 Å². The molecule has 1 fully saturated rings. The Kier molecular flexibility index (Phi) is 3.86. The maximum atomic E-state index is 12.2. The summed E-state index contributed by atoms with van der Waals surface area (Å²) in [6, 6.07) is 3.96. The lowest BCUT2D eigenvalue weighted by Gasteiger charge is -2.16. The molecule has 1 aromatic rings. The van der Waals surface area contributed by atoms with Crippen LogP contribution >= 0.6 is 0 Å². The normalized spacial score (nSPS) is 19.9. The molecule has 1 aromatic carbocycles. The van der Waals surface area contributed by atoms with Gasteiger partial charge in [-0.15, -0.1) is 0 Å². The van der Waals surface area contributed by atoms with Gasteiger partial charge in [-0.2, -0.15) is 5.26 Å². The molecular weight excluding hydrogens is 282 g/mol. The van der Waals surface area contributed by atoms with E-state index in [9.17, 15) is 10.1 Å². The highest BCUT2D eigenvalue weighted by molar-refractivity contribution is 5.99. The van der Waals surface area contributed by atoms with E-state index >= 15 is 0 Å². The van der Waals surface area contributed by atoms with Crippen LogP contribution in [-0.4, -0.2) is 19.9 Å². The van der Waals surface area contributed by atoms with Gasteiger partial charge in [-0.1, -0.05) is 12.2 Å². The number of ether oxygens (including phenoxy) is 3. The van der Waals surface area contributed by atoms with Gasteiger partial charge in [-0.25, -0.2) is 4.79 Å². The molecule has 0 radical (unpaired) electrons. The number of carbonyl (C=O) groups excluding carboxylic acids is 1. The predicted molar refractivity (Wildman–Crippen MR) is 79.4 cm³/mol. The molecule has 1 atom stereocenters. The van der Waals surface area contributed by atoms with Crippen molar-refractivity contribution in [3.05, 3.63) is 34.4 Å². The third-order valence-corrected chi connectivity index (χ3v) is 3.88. The lowest BCUT2D eigenvalue weighted by atomic mass is 9.93. The Morgan fingerprint density at radius 1 is 1.45 bits per heavy atom. The second-order valence-electron chi connectivity index (χ2n) is 5.41. The summed E-state index contributed by atoms with van der Waals surface area (Å²) in [6.45, 7) is 1.95. The van der Waals surface area contributed by atoms with Crippen molar-refractivity contribution in [3.8, 4) is 11.8 Å². The Labute approximate surface area is 129 Å². The van der Waals surface area contributed by atoms with Crippen molar-refractivity contribution in [3.63, 3.8) is 0 Å². The first-order chi connectivity index (χ1) is 10.7. The minimum atomic E-state index is -0.857. The number of benzene rings is 1. The highest BCUT2D eigenvalue weighted by atomic mass is 16.7. The monoisotopic (exact) mass is 299 g/mol. The van der Waals surface area contributed by atoms with Gasteiger partial charge in [-0.05, 0) is 37.3 Å². The van der Waals surface area contributed by atoms with Crippen LogP contribution in [-0.2, 0) is 9.47 Å². The van der Waals surface area contributed by atoms with Gasteiger partial charge in [0.2, 0.25) is 6.10 Å². The van der Waals surface area contributed by atoms with Gasteiger partial charge in [-0.3, -0.25) is 0 Å². The Bertz CT molecular complexity index is 683. The molecule has 0 saturated heterocycles. The van der Waals surface area contributed by atoms with Crippen LogP contribution in [0.1, 0.15) is 58.8 Å². The zero-order valence-electron chi connectivity index (χ0n) is 12.6. The zero-order valence-corrected chi connectivity index (χ0v) is 12.6. The van der Waals surface area contributed by atoms with E-state index in [1.165, 1.54) is 7.11 Å². The van der Waals surface area contributed by atoms with Crippen LogP contribution in [0, 0.1) is 11.3 Å². The fourth-order valence-corrected chi connectivity index (χ4v) is 2.80. The standard InChI is InChI=1S/C17H17NO4/c1-3-4-11-12(10-5-6-10)7-13-14(8-18)22-17(19)15(13)16(11)21-9-20-2/h3-4,7,10,14H,5-6,9H2,1-2H3/b4-3+. The van der Waals surface area contributed by atoms with Crippen LogP contribution in [0.4, 0.5) is 0 Å². The van der Waals surface area contributed by atoms with Crippen molar-refractivity contribution < 1.29 is 19.0 Å². The quantitative estimate of drug-likeness (QED) is 0.616. The van der Waals surface area contributed by atoms with Crippen molar-refractivity contribution in [2.75, 3.05) is 13.9 Å². The van der Waals surface area contributed by atoms with Gasteiger partial charge in [0.1, 0.15) is 17.4 Å². The average molecular weight is 299 g/mol. The number of methoxy groups -OCH3 is 1. The third-order valence-electron chi connectivity index (χ3n) is 3.88. The summed E-state index contributed by atoms with van der Waals surface area (Å²) in [5.74, 6) is 0.402. The number of hydrogen-bond acceptors (Lipinski definition) is 5. The molecule has 1 aliphatic carbocycles. The van der Waals surface area contributed by atoms with Gasteiger partial charge in [0.25, 0.3) is 0 Å². The highest BCUT2D eigenvalue weighted by Gasteiger charge is 2.39. The van der Waals surface area contributed by atoms with Gasteiger partial charge in [0, 0.05) is 18.2 Å². The van der Waals surface area contributed by atoms with Crippen molar-refractivity contribution in [2.24, 2.45) is 0 Å². The van der Waals surface area contributed by atoms with Gasteiger partial charge >= 0.3 is 5.97 Å². The smallest absolute Gasteiger partial charge is 0.344 e. The Hall–Kier alpha value is -2.32. The lowest BCUT2D eigenvalue weighted by molar-refractivity contribution is 0.0432. The topological polar surface area (TPSA) is 68.6 Å². The van der Waals surface area contributed by atoms with Crippen LogP contribution in [0.3, 0.4) is 0 Å². The molecule has 1 saturated carbocycles. The fourth-order valence-electron chi connectivity index (χ4n) is 2.80. The van der Waals surface area contributed by atoms with Crippen molar-refractivity contribution in [1.29, 1.82) is 5.26 Å². The first kappa shape index (κ1) is 14.6. The van der Waals surface area contributed by atoms with Gasteiger partial charge in [0.15, 0.2) is 6.79 Å². The van der Waals surface area contributed by atoms with Crippen LogP contribution in [0.5, 0.6) is 5.75 Å². The molecule has 5 heteroatoms. The van der Waals surface area contributed by atoms with E-state index in [0.717, 1.165) is 24.0 Å². The first-order valence-electron chi connectivity index (χ1n) is 7.27. The third kappa shape index (κ3) is 2.36. The molecule has 3 rings (SSSR count). The number of nitriles is 1. The zero-order chi connectivity index (χ0) is 15.7. The number of carbonyl (C=O) groups is 1. The number of rotatable bonds is 5. The molecule has 114 valence electrons. The Morgan fingerprint density at radius 3 is 2.82 bits per heavy atom. The van der Waals surface area contributed by atoms with E-state index in [0.29, 0.717) is 22.8 Å². The number of fused-ring (bicyclic) bond motifs is 1. The van der Waals surface area contributed by atoms with Crippen LogP contribution in [0.25, 0.3) is 6.08 Å². The SMILES string of the molecule is C/C=C/c1c(C2CC2)cc2c(c1OCOC)C(=O)OC2C#N. The highest BCUT2D eigenvalue weighted by Crippen LogP contribution is 2.49. The van der Waals surface area contributed by atoms with Gasteiger partial charge in [0.05, 0.1) is 0 Å². The summed E-state index contributed by atoms with van der Waals surface area (Å²) >= 11 is 0. The average Bonchev–Trinajstić information content (AvgIpc) is 3.31. The first-order valence-corrected chi connectivity index (χ1v) is 7.27. The van der Waals surface area contributed by atoms with E-state index in [2.05, 4.69) is 0 Å². The second kappa shape index (κ2) is 5.82.